The molecule has 4 aromatic rings. The predicted octanol–water partition coefficient (Wildman–Crippen LogP) is 5.15. The molecule has 1 aliphatic rings. The van der Waals surface area contributed by atoms with Crippen molar-refractivity contribution in [3.8, 4) is 22.5 Å². The summed E-state index contributed by atoms with van der Waals surface area (Å²) in [6, 6.07) is 15.4. The summed E-state index contributed by atoms with van der Waals surface area (Å²) in [5.41, 5.74) is 1.41. The first-order valence-corrected chi connectivity index (χ1v) is 15.6. The summed E-state index contributed by atoms with van der Waals surface area (Å²) in [6.07, 6.45) is 3.58. The molecule has 0 radical (unpaired) electrons. The molecule has 0 atom stereocenters. The van der Waals surface area contributed by atoms with Crippen molar-refractivity contribution in [1.29, 1.82) is 0 Å². The van der Waals surface area contributed by atoms with Crippen LogP contribution < -0.4 is 14.9 Å². The molecule has 224 valence electrons. The van der Waals surface area contributed by atoms with Crippen LogP contribution in [0.2, 0.25) is 0 Å². The van der Waals surface area contributed by atoms with Gasteiger partial charge in [-0.05, 0) is 80.6 Å². The lowest BCUT2D eigenvalue weighted by Crippen LogP contribution is -2.44. The summed E-state index contributed by atoms with van der Waals surface area (Å²) in [4.78, 5) is 37.7. The molecule has 0 bridgehead atoms. The van der Waals surface area contributed by atoms with Crippen LogP contribution in [-0.2, 0) is 14.8 Å². The number of hydrogen-bond acceptors (Lipinski definition) is 6. The van der Waals surface area contributed by atoms with Gasteiger partial charge in [0.1, 0.15) is 23.4 Å². The average Bonchev–Trinajstić information content (AvgIpc) is 3.72. The third-order valence-electron chi connectivity index (χ3n) is 7.32. The maximum absolute atomic E-state index is 13.7. The van der Waals surface area contributed by atoms with Crippen LogP contribution in [0.3, 0.4) is 0 Å². The summed E-state index contributed by atoms with van der Waals surface area (Å²) < 4.78 is 47.6. The molecule has 1 fully saturated rings. The summed E-state index contributed by atoms with van der Waals surface area (Å²) in [5.74, 6) is -0.967. The fourth-order valence-corrected chi connectivity index (χ4v) is 5.88. The average molecular weight is 606 g/mol. The Hall–Kier alpha value is -4.51. The second kappa shape index (κ2) is 11.3. The minimum absolute atomic E-state index is 0.201. The maximum Gasteiger partial charge on any atom is 0.255 e. The summed E-state index contributed by atoms with van der Waals surface area (Å²) >= 11 is 0. The van der Waals surface area contributed by atoms with E-state index < -0.39 is 33.2 Å². The monoisotopic (exact) mass is 605 g/mol. The summed E-state index contributed by atoms with van der Waals surface area (Å²) in [5, 5.41) is 5.71. The molecule has 1 saturated carbocycles. The number of carbonyl (C=O) groups is 3. The number of carbonyl (C=O) groups excluding carboxylic acids is 3. The molecule has 0 saturated heterocycles. The van der Waals surface area contributed by atoms with Gasteiger partial charge in [0, 0.05) is 41.7 Å². The molecule has 1 heterocycles. The van der Waals surface area contributed by atoms with Gasteiger partial charge in [0.15, 0.2) is 0 Å². The number of rotatable bonds is 10. The number of hydrogen-bond donors (Lipinski definition) is 2. The van der Waals surface area contributed by atoms with Gasteiger partial charge < -0.3 is 19.8 Å². The fourth-order valence-electron chi connectivity index (χ4n) is 4.89. The Bertz CT molecular complexity index is 1840. The van der Waals surface area contributed by atoms with E-state index in [0.717, 1.165) is 19.1 Å². The van der Waals surface area contributed by atoms with Gasteiger partial charge in [-0.3, -0.25) is 13.9 Å². The largest absolute Gasteiger partial charge is 0.455 e. The molecular formula is C32H32FN3O6S. The number of anilines is 1. The Morgan fingerprint density at radius 3 is 2.35 bits per heavy atom. The molecule has 43 heavy (non-hydrogen) atoms. The van der Waals surface area contributed by atoms with Crippen LogP contribution in [0, 0.1) is 11.7 Å². The van der Waals surface area contributed by atoms with Crippen molar-refractivity contribution in [2.75, 3.05) is 24.2 Å². The van der Waals surface area contributed by atoms with Crippen LogP contribution in [0.4, 0.5) is 10.1 Å². The van der Waals surface area contributed by atoms with Crippen molar-refractivity contribution in [3.63, 3.8) is 0 Å². The van der Waals surface area contributed by atoms with Gasteiger partial charge in [0.05, 0.1) is 23.0 Å². The van der Waals surface area contributed by atoms with E-state index >= 15 is 0 Å². The van der Waals surface area contributed by atoms with Crippen LogP contribution in [0.15, 0.2) is 65.1 Å². The van der Waals surface area contributed by atoms with Gasteiger partial charge in [-0.1, -0.05) is 12.1 Å². The third kappa shape index (κ3) is 6.31. The quantitative estimate of drug-likeness (QED) is 0.241. The Labute approximate surface area is 249 Å². The van der Waals surface area contributed by atoms with E-state index in [0.29, 0.717) is 34.1 Å². The Morgan fingerprint density at radius 1 is 1.05 bits per heavy atom. The summed E-state index contributed by atoms with van der Waals surface area (Å²) in [6.45, 7) is 3.42. The topological polar surface area (TPSA) is 126 Å². The zero-order chi connectivity index (χ0) is 31.1. The highest BCUT2D eigenvalue weighted by atomic mass is 32.2. The molecule has 2 N–H and O–H groups in total. The SMILES string of the molecule is CNC(=O)c1c(-c2ccc(F)cc2)oc2cc(N(CC3CC3)S(C)(=O)=O)c(-c3cccc(C(=O)NC(C)(C)C=O)c3)cc12. The molecule has 1 aliphatic carbocycles. The number of nitrogens with one attached hydrogen (secondary N) is 2. The van der Waals surface area contributed by atoms with Crippen molar-refractivity contribution in [2.24, 2.45) is 5.92 Å². The Morgan fingerprint density at radius 2 is 1.74 bits per heavy atom. The number of nitrogens with zero attached hydrogens (tertiary/aromatic N) is 1. The molecule has 3 aromatic carbocycles. The van der Waals surface area contributed by atoms with E-state index in [1.54, 1.807) is 50.2 Å². The van der Waals surface area contributed by atoms with E-state index in [9.17, 15) is 27.2 Å². The standard InChI is InChI=1S/C32H32FN3O6S/c1-32(2,18-37)35-30(38)22-7-5-6-21(14-22)24-15-25-27(16-26(24)36(43(4,40)41)17-19-8-9-19)42-29(28(25)31(39)34-3)20-10-12-23(33)13-11-20/h5-7,10-16,18-19H,8-9,17H2,1-4H3,(H,34,39)(H,35,38). The van der Waals surface area contributed by atoms with E-state index in [1.165, 1.54) is 35.6 Å². The summed E-state index contributed by atoms with van der Waals surface area (Å²) in [7, 11) is -2.27. The van der Waals surface area contributed by atoms with Crippen LogP contribution in [0.1, 0.15) is 47.4 Å². The predicted molar refractivity (Wildman–Crippen MR) is 163 cm³/mol. The molecule has 0 unspecified atom stereocenters. The van der Waals surface area contributed by atoms with E-state index in [-0.39, 0.29) is 34.9 Å². The smallest absolute Gasteiger partial charge is 0.255 e. The first kappa shape index (κ1) is 30.0. The highest BCUT2D eigenvalue weighted by Gasteiger charge is 2.32. The second-order valence-corrected chi connectivity index (χ2v) is 13.3. The number of sulfonamides is 1. The van der Waals surface area contributed by atoms with Crippen LogP contribution >= 0.6 is 0 Å². The van der Waals surface area contributed by atoms with Gasteiger partial charge in [-0.25, -0.2) is 12.8 Å². The molecule has 9 nitrogen and oxygen atoms in total. The van der Waals surface area contributed by atoms with Crippen molar-refractivity contribution < 1.29 is 31.6 Å². The zero-order valence-electron chi connectivity index (χ0n) is 24.2. The number of fused-ring (bicyclic) bond motifs is 1. The van der Waals surface area contributed by atoms with Crippen LogP contribution in [0.25, 0.3) is 33.4 Å². The fraction of sp³-hybridized carbons (Fsp3) is 0.281. The molecule has 5 rings (SSSR count). The molecule has 1 aromatic heterocycles. The first-order valence-electron chi connectivity index (χ1n) is 13.8. The van der Waals surface area contributed by atoms with Gasteiger partial charge >= 0.3 is 0 Å². The highest BCUT2D eigenvalue weighted by molar-refractivity contribution is 7.92. The molecule has 11 heteroatoms. The Balaban J connectivity index is 1.77. The number of aldehydes is 1. The molecule has 2 amide bonds. The lowest BCUT2D eigenvalue weighted by molar-refractivity contribution is -0.112. The van der Waals surface area contributed by atoms with E-state index in [4.69, 9.17) is 4.42 Å². The first-order chi connectivity index (χ1) is 20.3. The van der Waals surface area contributed by atoms with Crippen molar-refractivity contribution in [3.05, 3.63) is 77.6 Å². The minimum atomic E-state index is -3.75. The number of amides is 2. The van der Waals surface area contributed by atoms with E-state index in [2.05, 4.69) is 10.6 Å². The van der Waals surface area contributed by atoms with E-state index in [1.807, 2.05) is 0 Å². The Kier molecular flexibility index (Phi) is 7.87. The normalized spacial score (nSPS) is 13.5. The number of furan rings is 1. The second-order valence-electron chi connectivity index (χ2n) is 11.4. The van der Waals surface area contributed by atoms with Gasteiger partial charge in [0.25, 0.3) is 11.8 Å². The molecule has 0 spiro atoms. The zero-order valence-corrected chi connectivity index (χ0v) is 25.0. The van der Waals surface area contributed by atoms with Gasteiger partial charge in [-0.2, -0.15) is 0 Å². The van der Waals surface area contributed by atoms with Gasteiger partial charge in [-0.15, -0.1) is 0 Å². The van der Waals surface area contributed by atoms with Crippen LogP contribution in [-0.4, -0.2) is 51.9 Å². The number of benzene rings is 3. The number of halogens is 1. The third-order valence-corrected chi connectivity index (χ3v) is 8.47. The van der Waals surface area contributed by atoms with Crippen molar-refractivity contribution in [2.45, 2.75) is 32.2 Å². The lowest BCUT2D eigenvalue weighted by atomic mass is 9.96. The molecule has 0 aliphatic heterocycles. The molecular weight excluding hydrogens is 573 g/mol. The maximum atomic E-state index is 13.7. The minimum Gasteiger partial charge on any atom is -0.455 e. The lowest BCUT2D eigenvalue weighted by Gasteiger charge is -2.25. The highest BCUT2D eigenvalue weighted by Crippen LogP contribution is 2.43. The van der Waals surface area contributed by atoms with Crippen molar-refractivity contribution in [1.82, 2.24) is 10.6 Å². The van der Waals surface area contributed by atoms with Crippen LogP contribution in [0.5, 0.6) is 0 Å². The van der Waals surface area contributed by atoms with Gasteiger partial charge in [0.2, 0.25) is 10.0 Å². The van der Waals surface area contributed by atoms with Crippen molar-refractivity contribution >= 4 is 44.8 Å².